The first-order valence-electron chi connectivity index (χ1n) is 9.10. The van der Waals surface area contributed by atoms with Crippen LogP contribution >= 0.6 is 11.6 Å². The van der Waals surface area contributed by atoms with Crippen LogP contribution in [-0.4, -0.2) is 15.5 Å². The number of phenolic OH excluding ortho intramolecular Hbond substituents is 1. The number of ketones is 1. The Morgan fingerprint density at radius 2 is 1.54 bits per heavy atom. The maximum atomic E-state index is 12.8. The number of aromatic nitrogens is 1. The van der Waals surface area contributed by atoms with Gasteiger partial charge in [-0.15, -0.1) is 0 Å². The predicted molar refractivity (Wildman–Crippen MR) is 109 cm³/mol. The highest BCUT2D eigenvalue weighted by molar-refractivity contribution is 6.30. The number of phenols is 1. The van der Waals surface area contributed by atoms with E-state index in [4.69, 9.17) is 11.6 Å². The molecule has 1 aromatic carbocycles. The number of Topliss-reactive ketones (excluding diaryl/α,β-unsaturated/α-hetero) is 1. The normalized spacial score (nSPS) is 12.5. The number of aryl methyl sites for hydroxylation is 1. The summed E-state index contributed by atoms with van der Waals surface area (Å²) in [6.45, 7) is 15.1. The van der Waals surface area contributed by atoms with Crippen molar-refractivity contribution < 1.29 is 9.90 Å². The van der Waals surface area contributed by atoms with Gasteiger partial charge in [0.2, 0.25) is 0 Å². The molecule has 142 valence electrons. The lowest BCUT2D eigenvalue weighted by molar-refractivity contribution is 0.0992. The highest BCUT2D eigenvalue weighted by atomic mass is 35.5. The minimum Gasteiger partial charge on any atom is -0.507 e. The smallest absolute Gasteiger partial charge is 0.168 e. The molecule has 0 atom stereocenters. The number of nitrogens with zero attached hydrogens (tertiary/aromatic N) is 1. The Morgan fingerprint density at radius 3 is 1.92 bits per heavy atom. The number of halogens is 1. The summed E-state index contributed by atoms with van der Waals surface area (Å²) in [7, 11) is 0. The number of carbonyl (C=O) groups is 1. The van der Waals surface area contributed by atoms with Crippen molar-refractivity contribution in [3.63, 3.8) is 0 Å². The summed E-state index contributed by atoms with van der Waals surface area (Å²) in [5.41, 5.74) is 2.87. The van der Waals surface area contributed by atoms with E-state index in [-0.39, 0.29) is 23.0 Å². The van der Waals surface area contributed by atoms with E-state index >= 15 is 0 Å². The zero-order valence-electron chi connectivity index (χ0n) is 16.9. The number of benzene rings is 1. The largest absolute Gasteiger partial charge is 0.507 e. The monoisotopic (exact) mass is 375 g/mol. The molecule has 0 radical (unpaired) electrons. The molecular formula is C22H30ClNO2. The highest BCUT2D eigenvalue weighted by Crippen LogP contribution is 2.40. The van der Waals surface area contributed by atoms with Crippen LogP contribution in [0.4, 0.5) is 0 Å². The van der Waals surface area contributed by atoms with Crippen LogP contribution in [0, 0.1) is 0 Å². The lowest BCUT2D eigenvalue weighted by Gasteiger charge is -2.28. The summed E-state index contributed by atoms with van der Waals surface area (Å²) in [5.74, 6) is 0.367. The standard InChI is InChI=1S/C22H30ClNO2/c1-8-24-13-15(12-19(24)23)18(25)11-14-9-16(21(2,3)4)20(26)17(10-14)22(5,6)7/h9-10,12-13,26H,8,11H2,1-7H3. The summed E-state index contributed by atoms with van der Waals surface area (Å²) >= 11 is 6.16. The summed E-state index contributed by atoms with van der Waals surface area (Å²) < 4.78 is 1.85. The highest BCUT2D eigenvalue weighted by Gasteiger charge is 2.27. The molecule has 0 unspecified atom stereocenters. The topological polar surface area (TPSA) is 42.2 Å². The van der Waals surface area contributed by atoms with Gasteiger partial charge in [0, 0.05) is 24.7 Å². The molecule has 0 amide bonds. The Hall–Kier alpha value is -1.74. The van der Waals surface area contributed by atoms with Crippen molar-refractivity contribution in [2.75, 3.05) is 0 Å². The molecule has 0 bridgehead atoms. The van der Waals surface area contributed by atoms with Gasteiger partial charge in [0.05, 0.1) is 0 Å². The molecule has 26 heavy (non-hydrogen) atoms. The number of aromatic hydroxyl groups is 1. The molecule has 1 N–H and O–H groups in total. The van der Waals surface area contributed by atoms with Gasteiger partial charge in [0.15, 0.2) is 5.78 Å². The molecule has 2 rings (SSSR count). The lowest BCUT2D eigenvalue weighted by atomic mass is 9.78. The first-order valence-corrected chi connectivity index (χ1v) is 9.48. The molecule has 0 saturated carbocycles. The van der Waals surface area contributed by atoms with E-state index in [1.807, 2.05) is 23.6 Å². The van der Waals surface area contributed by atoms with E-state index in [1.165, 1.54) is 0 Å². The second-order valence-electron chi connectivity index (χ2n) is 8.98. The minimum atomic E-state index is -0.210. The van der Waals surface area contributed by atoms with E-state index in [1.54, 1.807) is 12.3 Å². The van der Waals surface area contributed by atoms with Gasteiger partial charge in [-0.2, -0.15) is 0 Å². The lowest BCUT2D eigenvalue weighted by Crippen LogP contribution is -2.18. The van der Waals surface area contributed by atoms with Crippen molar-refractivity contribution in [2.45, 2.75) is 72.3 Å². The van der Waals surface area contributed by atoms with Crippen molar-refractivity contribution >= 4 is 17.4 Å². The molecule has 0 aliphatic rings. The second-order valence-corrected chi connectivity index (χ2v) is 9.36. The van der Waals surface area contributed by atoms with Gasteiger partial charge >= 0.3 is 0 Å². The third kappa shape index (κ3) is 4.32. The van der Waals surface area contributed by atoms with Crippen molar-refractivity contribution in [2.24, 2.45) is 0 Å². The molecule has 0 saturated heterocycles. The summed E-state index contributed by atoms with van der Waals surface area (Å²) in [6, 6.07) is 5.64. The van der Waals surface area contributed by atoms with E-state index < -0.39 is 0 Å². The van der Waals surface area contributed by atoms with Gasteiger partial charge in [-0.25, -0.2) is 0 Å². The molecule has 1 aromatic heterocycles. The Labute approximate surface area is 162 Å². The fraction of sp³-hybridized carbons (Fsp3) is 0.500. The van der Waals surface area contributed by atoms with Crippen molar-refractivity contribution in [1.82, 2.24) is 4.57 Å². The zero-order chi connectivity index (χ0) is 19.9. The van der Waals surface area contributed by atoms with Crippen molar-refractivity contribution in [3.8, 4) is 5.75 Å². The maximum Gasteiger partial charge on any atom is 0.168 e. The fourth-order valence-electron chi connectivity index (χ4n) is 3.10. The fourth-order valence-corrected chi connectivity index (χ4v) is 3.39. The molecule has 0 aliphatic carbocycles. The molecule has 2 aromatic rings. The molecule has 3 nitrogen and oxygen atoms in total. The van der Waals surface area contributed by atoms with Crippen molar-refractivity contribution in [3.05, 3.63) is 51.8 Å². The predicted octanol–water partition coefficient (Wildman–Crippen LogP) is 5.89. The number of rotatable bonds is 4. The van der Waals surface area contributed by atoms with Gasteiger partial charge in [0.1, 0.15) is 10.9 Å². The number of hydrogen-bond acceptors (Lipinski definition) is 2. The molecule has 4 heteroatoms. The van der Waals surface area contributed by atoms with Gasteiger partial charge in [0.25, 0.3) is 0 Å². The third-order valence-electron chi connectivity index (χ3n) is 4.66. The van der Waals surface area contributed by atoms with Crippen LogP contribution in [0.2, 0.25) is 5.15 Å². The average molecular weight is 376 g/mol. The Kier molecular flexibility index (Phi) is 5.63. The van der Waals surface area contributed by atoms with Crippen LogP contribution in [0.5, 0.6) is 5.75 Å². The summed E-state index contributed by atoms with van der Waals surface area (Å²) in [4.78, 5) is 12.8. The van der Waals surface area contributed by atoms with Crippen LogP contribution in [0.1, 0.15) is 75.5 Å². The van der Waals surface area contributed by atoms with Crippen LogP contribution in [0.15, 0.2) is 24.4 Å². The average Bonchev–Trinajstić information content (AvgIpc) is 2.87. The third-order valence-corrected chi connectivity index (χ3v) is 4.98. The van der Waals surface area contributed by atoms with Gasteiger partial charge in [-0.3, -0.25) is 4.79 Å². The summed E-state index contributed by atoms with van der Waals surface area (Å²) in [5, 5.41) is 11.4. The Balaban J connectivity index is 2.47. The van der Waals surface area contributed by atoms with Crippen LogP contribution < -0.4 is 0 Å². The van der Waals surface area contributed by atoms with Gasteiger partial charge < -0.3 is 9.67 Å². The molecule has 0 spiro atoms. The maximum absolute atomic E-state index is 12.8. The summed E-state index contributed by atoms with van der Waals surface area (Å²) in [6.07, 6.45) is 2.09. The quantitative estimate of drug-likeness (QED) is 0.677. The number of hydrogen-bond donors (Lipinski definition) is 1. The van der Waals surface area contributed by atoms with Crippen molar-refractivity contribution in [1.29, 1.82) is 0 Å². The van der Waals surface area contributed by atoms with Crippen LogP contribution in [-0.2, 0) is 23.8 Å². The Bertz CT molecular complexity index is 785. The second kappa shape index (κ2) is 7.11. The number of carbonyl (C=O) groups excluding carboxylic acids is 1. The Morgan fingerprint density at radius 1 is 1.04 bits per heavy atom. The van der Waals surface area contributed by atoms with E-state index in [0.717, 1.165) is 23.2 Å². The minimum absolute atomic E-state index is 0.0320. The first-order chi connectivity index (χ1) is 11.8. The molecule has 0 fully saturated rings. The van der Waals surface area contributed by atoms with Gasteiger partial charge in [-0.1, -0.05) is 65.3 Å². The first kappa shape index (κ1) is 20.6. The van der Waals surface area contributed by atoms with Crippen LogP contribution in [0.3, 0.4) is 0 Å². The zero-order valence-corrected chi connectivity index (χ0v) is 17.7. The van der Waals surface area contributed by atoms with E-state index in [0.29, 0.717) is 16.5 Å². The SMILES string of the molecule is CCn1cc(C(=O)Cc2cc(C(C)(C)C)c(O)c(C(C)(C)C)c2)cc1Cl. The molecular weight excluding hydrogens is 346 g/mol. The van der Waals surface area contributed by atoms with E-state index in [9.17, 15) is 9.90 Å². The van der Waals surface area contributed by atoms with Crippen LogP contribution in [0.25, 0.3) is 0 Å². The molecule has 1 heterocycles. The molecule has 0 aliphatic heterocycles. The van der Waals surface area contributed by atoms with Gasteiger partial charge in [-0.05, 0) is 40.5 Å². The van der Waals surface area contributed by atoms with E-state index in [2.05, 4.69) is 41.5 Å².